The van der Waals surface area contributed by atoms with Gasteiger partial charge in [0.1, 0.15) is 5.57 Å². The number of hydrogen-bond donors (Lipinski definition) is 1. The van der Waals surface area contributed by atoms with Crippen molar-refractivity contribution >= 4 is 29.4 Å². The van der Waals surface area contributed by atoms with Crippen molar-refractivity contribution in [1.82, 2.24) is 15.1 Å². The van der Waals surface area contributed by atoms with E-state index in [1.165, 1.54) is 11.1 Å². The molecule has 0 aromatic heterocycles. The van der Waals surface area contributed by atoms with Gasteiger partial charge in [0.2, 0.25) is 0 Å². The Kier molecular flexibility index (Phi) is 4.88. The van der Waals surface area contributed by atoms with Gasteiger partial charge in [0.15, 0.2) is 0 Å². The third kappa shape index (κ3) is 3.51. The van der Waals surface area contributed by atoms with Crippen molar-refractivity contribution in [1.29, 1.82) is 0 Å². The average molecular weight is 396 g/mol. The van der Waals surface area contributed by atoms with Crippen LogP contribution in [0.3, 0.4) is 0 Å². The first-order chi connectivity index (χ1) is 13.5. The molecule has 0 bridgehead atoms. The van der Waals surface area contributed by atoms with E-state index in [1.54, 1.807) is 30.5 Å². The van der Waals surface area contributed by atoms with Crippen molar-refractivity contribution in [2.45, 2.75) is 19.5 Å². The Hall–Kier alpha value is -3.12. The molecule has 7 heteroatoms. The Bertz CT molecular complexity index is 1000. The van der Waals surface area contributed by atoms with Crippen molar-refractivity contribution in [3.05, 3.63) is 82.0 Å². The molecular formula is C21H18ClN3O3. The minimum Gasteiger partial charge on any atom is -0.372 e. The first kappa shape index (κ1) is 18.3. The van der Waals surface area contributed by atoms with Crippen LogP contribution in [0.4, 0.5) is 4.79 Å². The summed E-state index contributed by atoms with van der Waals surface area (Å²) in [5, 5.41) is 2.70. The first-order valence-corrected chi connectivity index (χ1v) is 9.34. The summed E-state index contributed by atoms with van der Waals surface area (Å²) in [4.78, 5) is 40.3. The molecule has 2 aromatic carbocycles. The molecule has 6 nitrogen and oxygen atoms in total. The van der Waals surface area contributed by atoms with Crippen LogP contribution < -0.4 is 5.32 Å². The highest BCUT2D eigenvalue weighted by molar-refractivity contribution is 6.31. The standard InChI is InChI=1S/C21H18ClN3O3/c22-18-8-4-3-7-16(18)12-25-20(27)17(19(26)23-21(25)28)13-24-10-9-14-5-1-2-6-15(14)11-24/h1-8,13H,9-12H2,(H,23,26,28)/b17-13+. The van der Waals surface area contributed by atoms with E-state index in [9.17, 15) is 14.4 Å². The molecule has 0 aliphatic carbocycles. The van der Waals surface area contributed by atoms with Crippen LogP contribution in [0.5, 0.6) is 0 Å². The fraction of sp³-hybridized carbons (Fsp3) is 0.190. The lowest BCUT2D eigenvalue weighted by molar-refractivity contribution is -0.130. The van der Waals surface area contributed by atoms with E-state index in [2.05, 4.69) is 11.4 Å². The molecule has 2 aromatic rings. The molecule has 0 saturated carbocycles. The number of barbiturate groups is 1. The minimum atomic E-state index is -0.740. The lowest BCUT2D eigenvalue weighted by Gasteiger charge is -2.31. The molecule has 4 amide bonds. The molecule has 2 heterocycles. The molecule has 1 fully saturated rings. The number of hydrogen-bond acceptors (Lipinski definition) is 4. The van der Waals surface area contributed by atoms with Crippen LogP contribution in [0.15, 0.2) is 60.3 Å². The molecule has 0 radical (unpaired) electrons. The summed E-state index contributed by atoms with van der Waals surface area (Å²) in [6.45, 7) is 1.30. The van der Waals surface area contributed by atoms with Crippen LogP contribution in [-0.4, -0.2) is 34.2 Å². The van der Waals surface area contributed by atoms with Crippen LogP contribution in [0.2, 0.25) is 5.02 Å². The van der Waals surface area contributed by atoms with E-state index < -0.39 is 17.8 Å². The highest BCUT2D eigenvalue weighted by atomic mass is 35.5. The van der Waals surface area contributed by atoms with Crippen LogP contribution >= 0.6 is 11.6 Å². The van der Waals surface area contributed by atoms with Gasteiger partial charge >= 0.3 is 6.03 Å². The van der Waals surface area contributed by atoms with Crippen LogP contribution in [0.25, 0.3) is 0 Å². The number of nitrogens with one attached hydrogen (secondary N) is 1. The molecule has 0 unspecified atom stereocenters. The van der Waals surface area contributed by atoms with E-state index >= 15 is 0 Å². The van der Waals surface area contributed by atoms with E-state index in [0.717, 1.165) is 11.3 Å². The van der Waals surface area contributed by atoms with Gasteiger partial charge in [0.05, 0.1) is 6.54 Å². The number of benzene rings is 2. The maximum absolute atomic E-state index is 12.9. The second kappa shape index (κ2) is 7.48. The van der Waals surface area contributed by atoms with Crippen molar-refractivity contribution in [2.75, 3.05) is 6.54 Å². The lowest BCUT2D eigenvalue weighted by Crippen LogP contribution is -2.54. The van der Waals surface area contributed by atoms with Crippen LogP contribution in [0, 0.1) is 0 Å². The third-order valence-electron chi connectivity index (χ3n) is 4.94. The largest absolute Gasteiger partial charge is 0.372 e. The molecule has 142 valence electrons. The van der Waals surface area contributed by atoms with Gasteiger partial charge in [-0.1, -0.05) is 54.1 Å². The zero-order valence-corrected chi connectivity index (χ0v) is 15.8. The number of amides is 4. The number of carbonyl (C=O) groups is 3. The predicted octanol–water partition coefficient (Wildman–Crippen LogP) is 2.86. The highest BCUT2D eigenvalue weighted by Gasteiger charge is 2.36. The summed E-state index contributed by atoms with van der Waals surface area (Å²) in [5.41, 5.74) is 3.02. The molecular weight excluding hydrogens is 378 g/mol. The Morgan fingerprint density at radius 1 is 1.00 bits per heavy atom. The minimum absolute atomic E-state index is 0.00219. The second-order valence-corrected chi connectivity index (χ2v) is 7.18. The number of fused-ring (bicyclic) bond motifs is 1. The lowest BCUT2D eigenvalue weighted by atomic mass is 10.00. The van der Waals surface area contributed by atoms with Gasteiger partial charge in [0, 0.05) is 24.3 Å². The van der Waals surface area contributed by atoms with Gasteiger partial charge in [-0.2, -0.15) is 0 Å². The molecule has 28 heavy (non-hydrogen) atoms. The van der Waals surface area contributed by atoms with Crippen molar-refractivity contribution in [3.63, 3.8) is 0 Å². The van der Waals surface area contributed by atoms with Gasteiger partial charge < -0.3 is 4.90 Å². The number of rotatable bonds is 3. The van der Waals surface area contributed by atoms with Crippen molar-refractivity contribution in [3.8, 4) is 0 Å². The molecule has 1 N–H and O–H groups in total. The molecule has 4 rings (SSSR count). The number of urea groups is 1. The normalized spacial score (nSPS) is 18.3. The smallest absolute Gasteiger partial charge is 0.331 e. The quantitative estimate of drug-likeness (QED) is 0.641. The molecule has 0 atom stereocenters. The topological polar surface area (TPSA) is 69.7 Å². The highest BCUT2D eigenvalue weighted by Crippen LogP contribution is 2.22. The van der Waals surface area contributed by atoms with Crippen molar-refractivity contribution < 1.29 is 14.4 Å². The average Bonchev–Trinajstić information content (AvgIpc) is 2.69. The van der Waals surface area contributed by atoms with Gasteiger partial charge in [-0.15, -0.1) is 0 Å². The van der Waals surface area contributed by atoms with Crippen LogP contribution in [-0.2, 0) is 29.1 Å². The Labute approximate surface area is 167 Å². The first-order valence-electron chi connectivity index (χ1n) is 8.96. The molecule has 2 aliphatic heterocycles. The summed E-state index contributed by atoms with van der Waals surface area (Å²) in [7, 11) is 0. The third-order valence-corrected chi connectivity index (χ3v) is 5.31. The zero-order chi connectivity index (χ0) is 19.7. The summed E-state index contributed by atoms with van der Waals surface area (Å²) < 4.78 is 0. The van der Waals surface area contributed by atoms with E-state index in [0.29, 0.717) is 23.7 Å². The maximum Gasteiger partial charge on any atom is 0.331 e. The van der Waals surface area contributed by atoms with E-state index in [-0.39, 0.29) is 12.1 Å². The van der Waals surface area contributed by atoms with Gasteiger partial charge in [-0.25, -0.2) is 4.79 Å². The van der Waals surface area contributed by atoms with E-state index in [1.807, 2.05) is 23.1 Å². The molecule has 2 aliphatic rings. The zero-order valence-electron chi connectivity index (χ0n) is 15.0. The molecule has 1 saturated heterocycles. The molecule has 0 spiro atoms. The van der Waals surface area contributed by atoms with Gasteiger partial charge in [-0.05, 0) is 29.2 Å². The fourth-order valence-corrected chi connectivity index (χ4v) is 3.63. The van der Waals surface area contributed by atoms with Crippen molar-refractivity contribution in [2.24, 2.45) is 0 Å². The summed E-state index contributed by atoms with van der Waals surface area (Å²) >= 11 is 6.15. The second-order valence-electron chi connectivity index (χ2n) is 6.77. The maximum atomic E-state index is 12.9. The van der Waals surface area contributed by atoms with Gasteiger partial charge in [-0.3, -0.25) is 19.8 Å². The summed E-state index contributed by atoms with van der Waals surface area (Å²) in [6, 6.07) is 14.3. The van der Waals surface area contributed by atoms with E-state index in [4.69, 9.17) is 11.6 Å². The van der Waals surface area contributed by atoms with Crippen LogP contribution in [0.1, 0.15) is 16.7 Å². The number of carbonyl (C=O) groups excluding carboxylic acids is 3. The van der Waals surface area contributed by atoms with Gasteiger partial charge in [0.25, 0.3) is 11.8 Å². The fourth-order valence-electron chi connectivity index (χ4n) is 3.43. The summed E-state index contributed by atoms with van der Waals surface area (Å²) in [6.07, 6.45) is 2.39. The number of nitrogens with zero attached hydrogens (tertiary/aromatic N) is 2. The summed E-state index contributed by atoms with van der Waals surface area (Å²) in [5.74, 6) is -1.29. The Balaban J connectivity index is 1.58. The Morgan fingerprint density at radius 3 is 2.50 bits per heavy atom. The Morgan fingerprint density at radius 2 is 1.71 bits per heavy atom. The monoisotopic (exact) mass is 395 g/mol. The SMILES string of the molecule is O=C1NC(=O)N(Cc2ccccc2Cl)C(=O)/C1=C/N1CCc2ccccc2C1. The predicted molar refractivity (Wildman–Crippen MR) is 104 cm³/mol. The number of imide groups is 2. The number of halogens is 1.